The topological polar surface area (TPSA) is 74.2 Å². The highest BCUT2D eigenvalue weighted by molar-refractivity contribution is 5.84. The summed E-state index contributed by atoms with van der Waals surface area (Å²) in [5.41, 5.74) is -3.03. The van der Waals surface area contributed by atoms with Gasteiger partial charge in [0.1, 0.15) is 19.0 Å². The second-order valence-corrected chi connectivity index (χ2v) is 8.58. The molecule has 0 amide bonds. The zero-order chi connectivity index (χ0) is 27.8. The van der Waals surface area contributed by atoms with Gasteiger partial charge in [0.25, 0.3) is 0 Å². The number of carbonyl (C=O) groups is 1. The number of Topliss-reactive ketones (excluding diaryl/α,β-unsaturated/α-hetero) is 1. The molecule has 0 rings (SSSR count). The number of aliphatic hydroxyl groups is 1. The lowest BCUT2D eigenvalue weighted by atomic mass is 9.86. The standard InChI is InChI=1S/C19H28F10O6.6CH4/c1-14(7-32-3,9-34-11-16(20,21)18(24,25)26)8-33-5-4-13(31)15(2,6-30)10-35-12-17(22,23)19(27,28)29;;;;;;/h30H,4-12H2,1-3H3;6*1H4. The van der Waals surface area contributed by atoms with E-state index in [9.17, 15) is 53.8 Å². The van der Waals surface area contributed by atoms with Gasteiger partial charge in [-0.15, -0.1) is 0 Å². The molecule has 16 heteroatoms. The van der Waals surface area contributed by atoms with Gasteiger partial charge in [-0.25, -0.2) is 0 Å². The summed E-state index contributed by atoms with van der Waals surface area (Å²) in [6.07, 6.45) is -12.1. The number of rotatable bonds is 17. The van der Waals surface area contributed by atoms with Crippen LogP contribution in [0, 0.1) is 10.8 Å². The molecule has 0 radical (unpaired) electrons. The summed E-state index contributed by atoms with van der Waals surface area (Å²) in [7, 11) is 1.22. The van der Waals surface area contributed by atoms with E-state index >= 15 is 0 Å². The monoisotopic (exact) mass is 638 g/mol. The molecule has 0 aliphatic rings. The summed E-state index contributed by atoms with van der Waals surface area (Å²) in [6, 6.07) is 0. The maximum absolute atomic E-state index is 13.0. The van der Waals surface area contributed by atoms with Crippen LogP contribution < -0.4 is 0 Å². The van der Waals surface area contributed by atoms with Gasteiger partial charge in [-0.3, -0.25) is 4.79 Å². The number of alkyl halides is 10. The third-order valence-electron chi connectivity index (χ3n) is 4.71. The second-order valence-electron chi connectivity index (χ2n) is 8.58. The Morgan fingerprint density at radius 3 is 1.32 bits per heavy atom. The molecule has 0 aromatic rings. The van der Waals surface area contributed by atoms with Crippen molar-refractivity contribution in [2.24, 2.45) is 10.8 Å². The molecule has 0 saturated heterocycles. The van der Waals surface area contributed by atoms with Gasteiger partial charge in [0, 0.05) is 18.9 Å². The van der Waals surface area contributed by atoms with Crippen molar-refractivity contribution >= 4 is 5.78 Å². The number of ether oxygens (including phenoxy) is 4. The largest absolute Gasteiger partial charge is 0.455 e. The van der Waals surface area contributed by atoms with E-state index in [1.54, 1.807) is 0 Å². The van der Waals surface area contributed by atoms with Crippen molar-refractivity contribution in [1.29, 1.82) is 0 Å². The van der Waals surface area contributed by atoms with E-state index in [0.29, 0.717) is 0 Å². The van der Waals surface area contributed by atoms with E-state index in [1.165, 1.54) is 14.0 Å². The van der Waals surface area contributed by atoms with Gasteiger partial charge >= 0.3 is 24.2 Å². The number of ketones is 1. The van der Waals surface area contributed by atoms with Gasteiger partial charge in [0.2, 0.25) is 0 Å². The summed E-state index contributed by atoms with van der Waals surface area (Å²) in [5.74, 6) is -11.0. The van der Waals surface area contributed by atoms with E-state index in [4.69, 9.17) is 9.47 Å². The fourth-order valence-electron chi connectivity index (χ4n) is 2.47. The van der Waals surface area contributed by atoms with Crippen LogP contribution >= 0.6 is 0 Å². The Hall–Kier alpha value is -1.23. The zero-order valence-electron chi connectivity index (χ0n) is 19.1. The van der Waals surface area contributed by atoms with Crippen LogP contribution in [0.4, 0.5) is 43.9 Å². The molecule has 0 aromatic carbocycles. The Labute approximate surface area is 239 Å². The molecular weight excluding hydrogens is 586 g/mol. The highest BCUT2D eigenvalue weighted by Gasteiger charge is 2.58. The van der Waals surface area contributed by atoms with Crippen LogP contribution in [0.1, 0.15) is 64.8 Å². The summed E-state index contributed by atoms with van der Waals surface area (Å²) in [6.45, 7) is -4.93. The minimum atomic E-state index is -5.86. The maximum Gasteiger partial charge on any atom is 0.455 e. The van der Waals surface area contributed by atoms with Crippen LogP contribution in [0.15, 0.2) is 0 Å². The first-order chi connectivity index (χ1) is 15.7. The quantitative estimate of drug-likeness (QED) is 0.129. The third-order valence-corrected chi connectivity index (χ3v) is 4.71. The summed E-state index contributed by atoms with van der Waals surface area (Å²) < 4.78 is 144. The van der Waals surface area contributed by atoms with Crippen molar-refractivity contribution in [3.8, 4) is 0 Å². The highest BCUT2D eigenvalue weighted by Crippen LogP contribution is 2.37. The Morgan fingerprint density at radius 2 is 0.976 bits per heavy atom. The number of hydrogen-bond acceptors (Lipinski definition) is 6. The van der Waals surface area contributed by atoms with E-state index in [1.807, 2.05) is 0 Å². The summed E-state index contributed by atoms with van der Waals surface area (Å²) >= 11 is 0. The van der Waals surface area contributed by atoms with Crippen LogP contribution in [0.5, 0.6) is 0 Å². The predicted molar refractivity (Wildman–Crippen MR) is 140 cm³/mol. The molecule has 0 aromatic heterocycles. The Kier molecular flexibility index (Phi) is 29.1. The molecule has 258 valence electrons. The van der Waals surface area contributed by atoms with Gasteiger partial charge in [0.05, 0.1) is 45.1 Å². The van der Waals surface area contributed by atoms with Gasteiger partial charge in [0.15, 0.2) is 0 Å². The molecule has 0 aliphatic heterocycles. The van der Waals surface area contributed by atoms with Gasteiger partial charge < -0.3 is 24.1 Å². The predicted octanol–water partition coefficient (Wildman–Crippen LogP) is 7.86. The number of carbonyl (C=O) groups excluding carboxylic acids is 1. The van der Waals surface area contributed by atoms with E-state index in [-0.39, 0.29) is 64.4 Å². The molecule has 2 atom stereocenters. The van der Waals surface area contributed by atoms with Crippen LogP contribution in [0.25, 0.3) is 0 Å². The Morgan fingerprint density at radius 1 is 0.610 bits per heavy atom. The van der Waals surface area contributed by atoms with E-state index in [0.717, 1.165) is 6.92 Å². The van der Waals surface area contributed by atoms with Gasteiger partial charge in [-0.1, -0.05) is 51.5 Å². The third kappa shape index (κ3) is 18.1. The fraction of sp³-hybridized carbons (Fsp3) is 0.960. The number of hydrogen-bond donors (Lipinski definition) is 1. The van der Waals surface area contributed by atoms with Crippen LogP contribution in [0.3, 0.4) is 0 Å². The number of aliphatic hydroxyl groups excluding tert-OH is 1. The SMILES string of the molecule is C.C.C.C.C.C.COCC(C)(COCCC(=O)C(C)(CO)COCC(F)(F)C(F)(F)F)COCC(F)(F)C(F)(F)F. The van der Waals surface area contributed by atoms with Crippen molar-refractivity contribution in [2.75, 3.05) is 60.0 Å². The normalized spacial score (nSPS) is 14.7. The van der Waals surface area contributed by atoms with Crippen LogP contribution in [-0.2, 0) is 23.7 Å². The minimum absolute atomic E-state index is 0. The van der Waals surface area contributed by atoms with E-state index in [2.05, 4.69) is 9.47 Å². The van der Waals surface area contributed by atoms with Crippen molar-refractivity contribution in [3.05, 3.63) is 0 Å². The van der Waals surface area contributed by atoms with Crippen LogP contribution in [0.2, 0.25) is 0 Å². The molecule has 0 bridgehead atoms. The first-order valence-corrected chi connectivity index (χ1v) is 9.92. The molecule has 0 aliphatic carbocycles. The first-order valence-electron chi connectivity index (χ1n) is 9.92. The Bertz CT molecular complexity index is 660. The lowest BCUT2D eigenvalue weighted by molar-refractivity contribution is -0.298. The molecule has 0 saturated carbocycles. The number of methoxy groups -OCH3 is 1. The Balaban J connectivity index is -0.000000385. The molecule has 0 fully saturated rings. The molecule has 0 spiro atoms. The zero-order valence-corrected chi connectivity index (χ0v) is 19.1. The van der Waals surface area contributed by atoms with Crippen molar-refractivity contribution in [3.63, 3.8) is 0 Å². The number of halogens is 10. The smallest absolute Gasteiger partial charge is 0.395 e. The van der Waals surface area contributed by atoms with Crippen LogP contribution in [-0.4, -0.2) is 95.1 Å². The van der Waals surface area contributed by atoms with Crippen molar-refractivity contribution < 1.29 is 72.8 Å². The minimum Gasteiger partial charge on any atom is -0.395 e. The van der Waals surface area contributed by atoms with Crippen molar-refractivity contribution in [1.82, 2.24) is 0 Å². The second kappa shape index (κ2) is 21.5. The lowest BCUT2D eigenvalue weighted by Crippen LogP contribution is -2.44. The molecule has 6 nitrogen and oxygen atoms in total. The summed E-state index contributed by atoms with van der Waals surface area (Å²) in [4.78, 5) is 12.3. The van der Waals surface area contributed by atoms with Gasteiger partial charge in [-0.05, 0) is 6.92 Å². The van der Waals surface area contributed by atoms with E-state index < -0.39 is 80.3 Å². The highest BCUT2D eigenvalue weighted by atomic mass is 19.4. The molecule has 2 unspecified atom stereocenters. The molecule has 0 heterocycles. The molecule has 1 N–H and O–H groups in total. The molecule has 41 heavy (non-hydrogen) atoms. The average Bonchev–Trinajstić information content (AvgIpc) is 2.69. The fourth-order valence-corrected chi connectivity index (χ4v) is 2.47. The molecular formula is C25H52F10O6. The first kappa shape index (κ1) is 55.7. The average molecular weight is 639 g/mol. The van der Waals surface area contributed by atoms with Gasteiger partial charge in [-0.2, -0.15) is 43.9 Å². The van der Waals surface area contributed by atoms with Crippen molar-refractivity contribution in [2.45, 2.75) is 89.0 Å². The lowest BCUT2D eigenvalue weighted by Gasteiger charge is -2.30. The summed E-state index contributed by atoms with van der Waals surface area (Å²) in [5, 5.41) is 9.40. The maximum atomic E-state index is 13.0.